The lowest BCUT2D eigenvalue weighted by Crippen LogP contribution is -2.54. The Kier molecular flexibility index (Phi) is 4.84. The third-order valence-corrected chi connectivity index (χ3v) is 4.89. The normalized spacial score (nSPS) is 15.0. The summed E-state index contributed by atoms with van der Waals surface area (Å²) in [4.78, 5) is 14.7. The van der Waals surface area contributed by atoms with Gasteiger partial charge < -0.3 is 9.73 Å². The van der Waals surface area contributed by atoms with Gasteiger partial charge in [0.15, 0.2) is 0 Å². The number of rotatable bonds is 6. The van der Waals surface area contributed by atoms with Crippen molar-refractivity contribution >= 4 is 5.91 Å². The fourth-order valence-corrected chi connectivity index (χ4v) is 3.51. The number of likely N-dealkylation sites (tertiary alicyclic amines) is 1. The number of nitrogens with one attached hydrogen (secondary N) is 1. The molecule has 0 radical (unpaired) electrons. The maximum absolute atomic E-state index is 12.4. The number of nitrogens with zero attached hydrogens (tertiary/aromatic N) is 1. The van der Waals surface area contributed by atoms with E-state index >= 15 is 0 Å². The van der Waals surface area contributed by atoms with Crippen molar-refractivity contribution in [2.75, 3.05) is 13.1 Å². The molecule has 0 spiro atoms. The third-order valence-electron chi connectivity index (χ3n) is 4.89. The molecule has 1 amide bonds. The molecule has 2 heterocycles. The van der Waals surface area contributed by atoms with Crippen molar-refractivity contribution in [1.82, 2.24) is 10.2 Å². The van der Waals surface area contributed by atoms with Crippen molar-refractivity contribution in [2.24, 2.45) is 5.92 Å². The maximum Gasteiger partial charge on any atom is 0.226 e. The summed E-state index contributed by atoms with van der Waals surface area (Å²) in [5.74, 6) is 0.901. The van der Waals surface area contributed by atoms with Crippen molar-refractivity contribution in [3.8, 4) is 0 Å². The van der Waals surface area contributed by atoms with E-state index < -0.39 is 0 Å². The van der Waals surface area contributed by atoms with E-state index in [-0.39, 0.29) is 17.9 Å². The molecule has 26 heavy (non-hydrogen) atoms. The Labute approximate surface area is 153 Å². The van der Waals surface area contributed by atoms with Gasteiger partial charge in [-0.1, -0.05) is 60.7 Å². The lowest BCUT2D eigenvalue weighted by atomic mass is 9.90. The van der Waals surface area contributed by atoms with Gasteiger partial charge in [0.1, 0.15) is 5.76 Å². The van der Waals surface area contributed by atoms with Crippen molar-refractivity contribution in [2.45, 2.75) is 12.6 Å². The molecule has 0 bridgehead atoms. The molecular formula is C22H22N2O2. The molecule has 3 aromatic rings. The fourth-order valence-electron chi connectivity index (χ4n) is 3.51. The highest BCUT2D eigenvalue weighted by molar-refractivity contribution is 5.80. The Morgan fingerprint density at radius 1 is 0.962 bits per heavy atom. The minimum atomic E-state index is 0.0277. The molecule has 132 valence electrons. The van der Waals surface area contributed by atoms with Gasteiger partial charge in [-0.05, 0) is 23.3 Å². The van der Waals surface area contributed by atoms with E-state index in [9.17, 15) is 4.79 Å². The Balaban J connectivity index is 1.42. The molecule has 0 atom stereocenters. The Morgan fingerprint density at radius 2 is 1.58 bits per heavy atom. The first-order valence-electron chi connectivity index (χ1n) is 8.95. The SMILES string of the molecule is O=C(NCc1ccco1)C1CN(C(c2ccccc2)c2ccccc2)C1. The summed E-state index contributed by atoms with van der Waals surface area (Å²) in [5.41, 5.74) is 2.52. The number of furan rings is 1. The van der Waals surface area contributed by atoms with Crippen LogP contribution in [-0.2, 0) is 11.3 Å². The molecule has 4 heteroatoms. The molecule has 1 aliphatic heterocycles. The average molecular weight is 346 g/mol. The van der Waals surface area contributed by atoms with Crippen LogP contribution in [-0.4, -0.2) is 23.9 Å². The van der Waals surface area contributed by atoms with Crippen LogP contribution in [0.1, 0.15) is 22.9 Å². The molecule has 0 aliphatic carbocycles. The van der Waals surface area contributed by atoms with Gasteiger partial charge in [-0.15, -0.1) is 0 Å². The average Bonchev–Trinajstić information content (AvgIpc) is 3.17. The molecule has 1 fully saturated rings. The number of hydrogen-bond acceptors (Lipinski definition) is 3. The Bertz CT molecular complexity index is 786. The minimum Gasteiger partial charge on any atom is -0.467 e. The van der Waals surface area contributed by atoms with Crippen LogP contribution >= 0.6 is 0 Å². The zero-order valence-corrected chi connectivity index (χ0v) is 14.5. The lowest BCUT2D eigenvalue weighted by molar-refractivity contribution is -0.131. The lowest BCUT2D eigenvalue weighted by Gasteiger charge is -2.44. The van der Waals surface area contributed by atoms with Gasteiger partial charge in [0.25, 0.3) is 0 Å². The van der Waals surface area contributed by atoms with E-state index in [0.29, 0.717) is 6.54 Å². The minimum absolute atomic E-state index is 0.0277. The van der Waals surface area contributed by atoms with Gasteiger partial charge in [0, 0.05) is 13.1 Å². The van der Waals surface area contributed by atoms with Crippen molar-refractivity contribution in [3.05, 3.63) is 95.9 Å². The maximum atomic E-state index is 12.4. The van der Waals surface area contributed by atoms with E-state index in [2.05, 4.69) is 58.7 Å². The number of hydrogen-bond donors (Lipinski definition) is 1. The Hall–Kier alpha value is -2.85. The van der Waals surface area contributed by atoms with Crippen LogP contribution in [0.4, 0.5) is 0 Å². The van der Waals surface area contributed by atoms with Crippen molar-refractivity contribution < 1.29 is 9.21 Å². The van der Waals surface area contributed by atoms with Gasteiger partial charge in [0.2, 0.25) is 5.91 Å². The molecule has 1 aromatic heterocycles. The quantitative estimate of drug-likeness (QED) is 0.741. The summed E-state index contributed by atoms with van der Waals surface area (Å²) in [5, 5.41) is 2.97. The molecule has 0 unspecified atom stereocenters. The van der Waals surface area contributed by atoms with Gasteiger partial charge >= 0.3 is 0 Å². The number of carbonyl (C=O) groups excluding carboxylic acids is 1. The Morgan fingerprint density at radius 3 is 2.12 bits per heavy atom. The second kappa shape index (κ2) is 7.58. The zero-order valence-electron chi connectivity index (χ0n) is 14.5. The van der Waals surface area contributed by atoms with E-state index in [1.54, 1.807) is 6.26 Å². The van der Waals surface area contributed by atoms with E-state index in [1.807, 2.05) is 24.3 Å². The highest BCUT2D eigenvalue weighted by atomic mass is 16.3. The van der Waals surface area contributed by atoms with E-state index in [1.165, 1.54) is 11.1 Å². The van der Waals surface area contributed by atoms with E-state index in [4.69, 9.17) is 4.42 Å². The molecule has 4 rings (SSSR count). The second-order valence-electron chi connectivity index (χ2n) is 6.67. The van der Waals surface area contributed by atoms with Gasteiger partial charge in [0.05, 0.1) is 24.8 Å². The van der Waals surface area contributed by atoms with Crippen LogP contribution in [0.15, 0.2) is 83.5 Å². The van der Waals surface area contributed by atoms with Crippen LogP contribution in [0.3, 0.4) is 0 Å². The van der Waals surface area contributed by atoms with Crippen molar-refractivity contribution in [1.29, 1.82) is 0 Å². The van der Waals surface area contributed by atoms with Gasteiger partial charge in [-0.3, -0.25) is 9.69 Å². The first kappa shape index (κ1) is 16.6. The number of amides is 1. The summed E-state index contributed by atoms with van der Waals surface area (Å²) in [6.07, 6.45) is 1.62. The van der Waals surface area contributed by atoms with Crippen LogP contribution in [0.5, 0.6) is 0 Å². The first-order valence-corrected chi connectivity index (χ1v) is 8.95. The topological polar surface area (TPSA) is 45.5 Å². The van der Waals surface area contributed by atoms with Gasteiger partial charge in [-0.2, -0.15) is 0 Å². The molecule has 1 aliphatic rings. The number of carbonyl (C=O) groups is 1. The standard InChI is InChI=1S/C22H22N2O2/c25-22(23-14-20-12-7-13-26-20)19-15-24(16-19)21(17-8-3-1-4-9-17)18-10-5-2-6-11-18/h1-13,19,21H,14-16H2,(H,23,25). The zero-order chi connectivity index (χ0) is 17.8. The molecule has 1 saturated heterocycles. The van der Waals surface area contributed by atoms with Crippen LogP contribution in [0.25, 0.3) is 0 Å². The first-order chi connectivity index (χ1) is 12.8. The second-order valence-corrected chi connectivity index (χ2v) is 6.67. The molecule has 0 saturated carbocycles. The predicted octanol–water partition coefficient (Wildman–Crippen LogP) is 3.62. The summed E-state index contributed by atoms with van der Waals surface area (Å²) < 4.78 is 5.27. The number of benzene rings is 2. The summed E-state index contributed by atoms with van der Waals surface area (Å²) in [6, 6.07) is 24.8. The highest BCUT2D eigenvalue weighted by Gasteiger charge is 2.37. The summed E-state index contributed by atoms with van der Waals surface area (Å²) in [7, 11) is 0. The van der Waals surface area contributed by atoms with Crippen LogP contribution in [0, 0.1) is 5.92 Å². The molecule has 4 nitrogen and oxygen atoms in total. The van der Waals surface area contributed by atoms with Crippen molar-refractivity contribution in [3.63, 3.8) is 0 Å². The molecule has 1 N–H and O–H groups in total. The van der Waals surface area contributed by atoms with E-state index in [0.717, 1.165) is 18.8 Å². The molecular weight excluding hydrogens is 324 g/mol. The fraction of sp³-hybridized carbons (Fsp3) is 0.227. The van der Waals surface area contributed by atoms with Crippen LogP contribution < -0.4 is 5.32 Å². The van der Waals surface area contributed by atoms with Gasteiger partial charge in [-0.25, -0.2) is 0 Å². The summed E-state index contributed by atoms with van der Waals surface area (Å²) in [6.45, 7) is 1.97. The van der Waals surface area contributed by atoms with Crippen LogP contribution in [0.2, 0.25) is 0 Å². The predicted molar refractivity (Wildman–Crippen MR) is 100 cm³/mol. The molecule has 2 aromatic carbocycles. The largest absolute Gasteiger partial charge is 0.467 e. The highest BCUT2D eigenvalue weighted by Crippen LogP contribution is 2.34. The smallest absolute Gasteiger partial charge is 0.226 e. The third kappa shape index (κ3) is 3.55. The monoisotopic (exact) mass is 346 g/mol. The summed E-state index contributed by atoms with van der Waals surface area (Å²) >= 11 is 0.